The van der Waals surface area contributed by atoms with Crippen molar-refractivity contribution in [1.29, 1.82) is 0 Å². The summed E-state index contributed by atoms with van der Waals surface area (Å²) in [6, 6.07) is 8.20. The Morgan fingerprint density at radius 1 is 1.33 bits per heavy atom. The Hall–Kier alpha value is -2.10. The van der Waals surface area contributed by atoms with Crippen molar-refractivity contribution in [2.45, 2.75) is 19.3 Å². The molecule has 0 saturated heterocycles. The lowest BCUT2D eigenvalue weighted by Gasteiger charge is -1.94. The molecule has 3 aromatic rings. The molecule has 0 bridgehead atoms. The lowest BCUT2D eigenvalue weighted by Crippen LogP contribution is -1.83. The zero-order valence-electron chi connectivity index (χ0n) is 10.1. The van der Waals surface area contributed by atoms with Crippen LogP contribution in [0.3, 0.4) is 0 Å². The Morgan fingerprint density at radius 3 is 3.06 bits per heavy atom. The van der Waals surface area contributed by atoms with Gasteiger partial charge in [-0.3, -0.25) is 0 Å². The van der Waals surface area contributed by atoms with Crippen molar-refractivity contribution < 1.29 is 4.52 Å². The quantitative estimate of drug-likeness (QED) is 0.746. The van der Waals surface area contributed by atoms with Crippen LogP contribution in [0.4, 0.5) is 0 Å². The summed E-state index contributed by atoms with van der Waals surface area (Å²) < 4.78 is 5.34. The molecule has 2 atom stereocenters. The van der Waals surface area contributed by atoms with Crippen LogP contribution in [-0.4, -0.2) is 15.1 Å². The molecule has 0 spiro atoms. The molecule has 1 N–H and O–H groups in total. The summed E-state index contributed by atoms with van der Waals surface area (Å²) in [5.41, 5.74) is 2.09. The van der Waals surface area contributed by atoms with Gasteiger partial charge in [0.15, 0.2) is 0 Å². The van der Waals surface area contributed by atoms with E-state index in [1.54, 1.807) is 0 Å². The average molecular weight is 239 g/mol. The number of aromatic amines is 1. The number of benzene rings is 1. The van der Waals surface area contributed by atoms with Crippen LogP contribution in [0.25, 0.3) is 22.3 Å². The fourth-order valence-electron chi connectivity index (χ4n) is 2.36. The maximum Gasteiger partial charge on any atom is 0.230 e. The molecule has 0 aliphatic heterocycles. The van der Waals surface area contributed by atoms with E-state index >= 15 is 0 Å². The smallest absolute Gasteiger partial charge is 0.230 e. The Kier molecular flexibility index (Phi) is 1.89. The first-order valence-electron chi connectivity index (χ1n) is 6.22. The van der Waals surface area contributed by atoms with E-state index in [0.29, 0.717) is 17.7 Å². The van der Waals surface area contributed by atoms with Crippen LogP contribution < -0.4 is 0 Å². The van der Waals surface area contributed by atoms with Crippen molar-refractivity contribution in [2.75, 3.05) is 0 Å². The monoisotopic (exact) mass is 239 g/mol. The van der Waals surface area contributed by atoms with Gasteiger partial charge in [0, 0.05) is 23.2 Å². The van der Waals surface area contributed by atoms with Gasteiger partial charge in [0.05, 0.1) is 0 Å². The molecule has 1 aromatic carbocycles. The summed E-state index contributed by atoms with van der Waals surface area (Å²) in [6.45, 7) is 2.21. The van der Waals surface area contributed by atoms with Gasteiger partial charge >= 0.3 is 0 Å². The van der Waals surface area contributed by atoms with Crippen LogP contribution >= 0.6 is 0 Å². The first-order valence-corrected chi connectivity index (χ1v) is 6.22. The predicted molar refractivity (Wildman–Crippen MR) is 68.1 cm³/mol. The molecule has 0 amide bonds. The van der Waals surface area contributed by atoms with Crippen LogP contribution in [0.5, 0.6) is 0 Å². The van der Waals surface area contributed by atoms with Gasteiger partial charge in [0.1, 0.15) is 0 Å². The maximum absolute atomic E-state index is 5.34. The average Bonchev–Trinajstić information content (AvgIpc) is 2.88. The molecule has 4 rings (SSSR count). The Balaban J connectivity index is 1.74. The summed E-state index contributed by atoms with van der Waals surface area (Å²) in [5, 5.41) is 5.27. The van der Waals surface area contributed by atoms with E-state index in [1.165, 1.54) is 5.39 Å². The third-order valence-corrected chi connectivity index (χ3v) is 3.68. The number of fused-ring (bicyclic) bond motifs is 1. The van der Waals surface area contributed by atoms with E-state index in [0.717, 1.165) is 23.4 Å². The highest BCUT2D eigenvalue weighted by molar-refractivity contribution is 5.83. The first kappa shape index (κ1) is 9.88. The fourth-order valence-corrected chi connectivity index (χ4v) is 2.36. The van der Waals surface area contributed by atoms with Gasteiger partial charge in [-0.2, -0.15) is 4.98 Å². The standard InChI is InChI=1S/C14H13N3O/c1-8-6-11(8)14-16-13(17-18-14)10-3-2-9-4-5-15-12(9)7-10/h2-5,7-8,11,15H,6H2,1H3/t8-,11+/m1/s1. The van der Waals surface area contributed by atoms with Gasteiger partial charge in [-0.1, -0.05) is 24.2 Å². The maximum atomic E-state index is 5.34. The molecule has 1 saturated carbocycles. The number of hydrogen-bond acceptors (Lipinski definition) is 3. The second-order valence-corrected chi connectivity index (χ2v) is 5.06. The lowest BCUT2D eigenvalue weighted by atomic mass is 10.1. The van der Waals surface area contributed by atoms with Crippen molar-refractivity contribution >= 4 is 10.9 Å². The third-order valence-electron chi connectivity index (χ3n) is 3.68. The Labute approximate surface area is 104 Å². The van der Waals surface area contributed by atoms with Gasteiger partial charge in [-0.05, 0) is 29.9 Å². The zero-order valence-corrected chi connectivity index (χ0v) is 10.1. The number of rotatable bonds is 2. The number of aromatic nitrogens is 3. The zero-order chi connectivity index (χ0) is 12.1. The molecule has 2 aromatic heterocycles. The molecule has 1 aliphatic carbocycles. The van der Waals surface area contributed by atoms with E-state index in [9.17, 15) is 0 Å². The second kappa shape index (κ2) is 3.45. The van der Waals surface area contributed by atoms with E-state index in [-0.39, 0.29) is 0 Å². The Morgan fingerprint density at radius 2 is 2.22 bits per heavy atom. The number of nitrogens with one attached hydrogen (secondary N) is 1. The first-order chi connectivity index (χ1) is 8.81. The van der Waals surface area contributed by atoms with Crippen molar-refractivity contribution in [3.05, 3.63) is 36.4 Å². The molecular weight excluding hydrogens is 226 g/mol. The predicted octanol–water partition coefficient (Wildman–Crippen LogP) is 3.34. The summed E-state index contributed by atoms with van der Waals surface area (Å²) in [5.74, 6) is 2.62. The normalized spacial score (nSPS) is 22.5. The fraction of sp³-hybridized carbons (Fsp3) is 0.286. The van der Waals surface area contributed by atoms with Gasteiger partial charge in [-0.25, -0.2) is 0 Å². The van der Waals surface area contributed by atoms with Crippen molar-refractivity contribution in [2.24, 2.45) is 5.92 Å². The molecule has 2 heterocycles. The van der Waals surface area contributed by atoms with Crippen LogP contribution in [-0.2, 0) is 0 Å². The van der Waals surface area contributed by atoms with Crippen LogP contribution in [0, 0.1) is 5.92 Å². The van der Waals surface area contributed by atoms with Gasteiger partial charge < -0.3 is 9.51 Å². The van der Waals surface area contributed by atoms with Crippen LogP contribution in [0.2, 0.25) is 0 Å². The summed E-state index contributed by atoms with van der Waals surface area (Å²) in [7, 11) is 0. The second-order valence-electron chi connectivity index (χ2n) is 5.06. The molecule has 0 radical (unpaired) electrons. The minimum Gasteiger partial charge on any atom is -0.361 e. The van der Waals surface area contributed by atoms with Gasteiger partial charge in [-0.15, -0.1) is 0 Å². The highest BCUT2D eigenvalue weighted by atomic mass is 16.5. The molecule has 1 aliphatic rings. The van der Waals surface area contributed by atoms with Crippen LogP contribution in [0.1, 0.15) is 25.2 Å². The molecule has 0 unspecified atom stereocenters. The number of nitrogens with zero attached hydrogens (tertiary/aromatic N) is 2. The highest BCUT2D eigenvalue weighted by Gasteiger charge is 2.38. The number of H-pyrrole nitrogens is 1. The molecule has 4 nitrogen and oxygen atoms in total. The summed E-state index contributed by atoms with van der Waals surface area (Å²) >= 11 is 0. The third kappa shape index (κ3) is 1.45. The molecule has 18 heavy (non-hydrogen) atoms. The number of hydrogen-bond donors (Lipinski definition) is 1. The minimum absolute atomic E-state index is 0.473. The molecule has 1 fully saturated rings. The largest absolute Gasteiger partial charge is 0.361 e. The summed E-state index contributed by atoms with van der Waals surface area (Å²) in [6.07, 6.45) is 3.10. The van der Waals surface area contributed by atoms with E-state index in [2.05, 4.69) is 34.2 Å². The van der Waals surface area contributed by atoms with Crippen molar-refractivity contribution in [3.8, 4) is 11.4 Å². The van der Waals surface area contributed by atoms with E-state index < -0.39 is 0 Å². The topological polar surface area (TPSA) is 54.7 Å². The molecule has 4 heteroatoms. The van der Waals surface area contributed by atoms with Crippen molar-refractivity contribution in [3.63, 3.8) is 0 Å². The van der Waals surface area contributed by atoms with Crippen molar-refractivity contribution in [1.82, 2.24) is 15.1 Å². The summed E-state index contributed by atoms with van der Waals surface area (Å²) in [4.78, 5) is 7.68. The van der Waals surface area contributed by atoms with Gasteiger partial charge in [0.2, 0.25) is 11.7 Å². The lowest BCUT2D eigenvalue weighted by molar-refractivity contribution is 0.377. The van der Waals surface area contributed by atoms with E-state index in [4.69, 9.17) is 4.52 Å². The minimum atomic E-state index is 0.473. The SMILES string of the molecule is C[C@@H]1C[C@@H]1c1nc(-c2ccc3cc[nH]c3c2)no1. The molecular formula is C14H13N3O. The molecule has 90 valence electrons. The van der Waals surface area contributed by atoms with Crippen LogP contribution in [0.15, 0.2) is 35.0 Å². The van der Waals surface area contributed by atoms with E-state index in [1.807, 2.05) is 18.3 Å². The Bertz CT molecular complexity index is 712. The highest BCUT2D eigenvalue weighted by Crippen LogP contribution is 2.46. The van der Waals surface area contributed by atoms with Gasteiger partial charge in [0.25, 0.3) is 0 Å².